The van der Waals surface area contributed by atoms with Crippen LogP contribution in [0.1, 0.15) is 12.7 Å². The van der Waals surface area contributed by atoms with Gasteiger partial charge in [0.15, 0.2) is 5.65 Å². The molecule has 0 spiro atoms. The number of aromatic nitrogens is 4. The standard InChI is InChI=1S/C7H8N4/c1-2-6-9-5-7-8-3-4-10-11(6)7/h3-5H,2H2,1H3. The molecule has 2 aromatic heterocycles. The molecule has 0 aliphatic carbocycles. The molecule has 0 aliphatic heterocycles. The predicted molar refractivity (Wildman–Crippen MR) is 40.2 cm³/mol. The van der Waals surface area contributed by atoms with Gasteiger partial charge in [-0.3, -0.25) is 0 Å². The van der Waals surface area contributed by atoms with E-state index in [0.29, 0.717) is 0 Å². The van der Waals surface area contributed by atoms with Crippen molar-refractivity contribution in [3.8, 4) is 0 Å². The molecule has 0 radical (unpaired) electrons. The van der Waals surface area contributed by atoms with Crippen LogP contribution < -0.4 is 0 Å². The van der Waals surface area contributed by atoms with Crippen LogP contribution in [0.5, 0.6) is 0 Å². The number of rotatable bonds is 1. The van der Waals surface area contributed by atoms with Gasteiger partial charge < -0.3 is 0 Å². The van der Waals surface area contributed by atoms with Crippen molar-refractivity contribution in [3.05, 3.63) is 24.4 Å². The average Bonchev–Trinajstić information content (AvgIpc) is 2.47. The highest BCUT2D eigenvalue weighted by Crippen LogP contribution is 1.99. The molecule has 0 bridgehead atoms. The Morgan fingerprint density at radius 3 is 3.09 bits per heavy atom. The van der Waals surface area contributed by atoms with Crippen molar-refractivity contribution < 1.29 is 0 Å². The first-order chi connectivity index (χ1) is 5.42. The lowest BCUT2D eigenvalue weighted by Gasteiger charge is -1.92. The van der Waals surface area contributed by atoms with E-state index in [1.54, 1.807) is 23.1 Å². The molecule has 0 saturated carbocycles. The Morgan fingerprint density at radius 1 is 1.36 bits per heavy atom. The van der Waals surface area contributed by atoms with Crippen LogP contribution in [0.3, 0.4) is 0 Å². The van der Waals surface area contributed by atoms with Gasteiger partial charge in [-0.05, 0) is 0 Å². The zero-order chi connectivity index (χ0) is 7.68. The molecule has 0 atom stereocenters. The fourth-order valence-corrected chi connectivity index (χ4v) is 1.03. The molecule has 2 rings (SSSR count). The zero-order valence-electron chi connectivity index (χ0n) is 6.23. The van der Waals surface area contributed by atoms with Gasteiger partial charge in [-0.2, -0.15) is 9.61 Å². The Labute approximate surface area is 63.9 Å². The molecular formula is C7H8N4. The smallest absolute Gasteiger partial charge is 0.174 e. The summed E-state index contributed by atoms with van der Waals surface area (Å²) in [6.07, 6.45) is 5.93. The largest absolute Gasteiger partial charge is 0.237 e. The molecule has 0 N–H and O–H groups in total. The summed E-state index contributed by atoms with van der Waals surface area (Å²) in [5.41, 5.74) is 0.810. The minimum absolute atomic E-state index is 0.810. The van der Waals surface area contributed by atoms with Crippen LogP contribution in [-0.2, 0) is 6.42 Å². The van der Waals surface area contributed by atoms with E-state index in [4.69, 9.17) is 0 Å². The first-order valence-electron chi connectivity index (χ1n) is 3.55. The maximum atomic E-state index is 4.15. The van der Waals surface area contributed by atoms with Crippen molar-refractivity contribution in [1.29, 1.82) is 0 Å². The molecule has 2 aromatic rings. The summed E-state index contributed by atoms with van der Waals surface area (Å²) in [5, 5.41) is 4.10. The van der Waals surface area contributed by atoms with E-state index in [2.05, 4.69) is 15.1 Å². The van der Waals surface area contributed by atoms with E-state index in [1.165, 1.54) is 0 Å². The first-order valence-corrected chi connectivity index (χ1v) is 3.55. The highest BCUT2D eigenvalue weighted by molar-refractivity contribution is 5.33. The van der Waals surface area contributed by atoms with Crippen molar-refractivity contribution in [1.82, 2.24) is 19.6 Å². The van der Waals surface area contributed by atoms with E-state index >= 15 is 0 Å². The van der Waals surface area contributed by atoms with Crippen molar-refractivity contribution in [2.75, 3.05) is 0 Å². The van der Waals surface area contributed by atoms with Crippen molar-refractivity contribution in [2.45, 2.75) is 13.3 Å². The van der Waals surface area contributed by atoms with Crippen LogP contribution in [0.25, 0.3) is 5.65 Å². The van der Waals surface area contributed by atoms with E-state index in [-0.39, 0.29) is 0 Å². The van der Waals surface area contributed by atoms with Gasteiger partial charge in [-0.15, -0.1) is 0 Å². The summed E-state index contributed by atoms with van der Waals surface area (Å²) in [6.45, 7) is 2.05. The number of hydrogen-bond acceptors (Lipinski definition) is 3. The third-order valence-electron chi connectivity index (χ3n) is 1.56. The number of nitrogens with zero attached hydrogens (tertiary/aromatic N) is 4. The summed E-state index contributed by atoms with van der Waals surface area (Å²) < 4.78 is 1.75. The summed E-state index contributed by atoms with van der Waals surface area (Å²) >= 11 is 0. The third-order valence-corrected chi connectivity index (χ3v) is 1.56. The molecule has 4 nitrogen and oxygen atoms in total. The predicted octanol–water partition coefficient (Wildman–Crippen LogP) is 0.687. The maximum absolute atomic E-state index is 4.15. The minimum Gasteiger partial charge on any atom is -0.237 e. The molecule has 0 fully saturated rings. The van der Waals surface area contributed by atoms with Gasteiger partial charge in [0.25, 0.3) is 0 Å². The second-order valence-corrected chi connectivity index (χ2v) is 2.24. The quantitative estimate of drug-likeness (QED) is 0.597. The first kappa shape index (κ1) is 6.27. The lowest BCUT2D eigenvalue weighted by molar-refractivity contribution is 0.814. The van der Waals surface area contributed by atoms with Crippen molar-refractivity contribution >= 4 is 5.65 Å². The second kappa shape index (κ2) is 2.30. The highest BCUT2D eigenvalue weighted by atomic mass is 15.3. The lowest BCUT2D eigenvalue weighted by atomic mass is 10.5. The number of imidazole rings is 1. The van der Waals surface area contributed by atoms with Crippen LogP contribution in [0.15, 0.2) is 18.6 Å². The van der Waals surface area contributed by atoms with Crippen LogP contribution in [0, 0.1) is 0 Å². The molecule has 0 saturated heterocycles. The van der Waals surface area contributed by atoms with E-state index < -0.39 is 0 Å². The van der Waals surface area contributed by atoms with Crippen LogP contribution in [0.4, 0.5) is 0 Å². The van der Waals surface area contributed by atoms with Gasteiger partial charge in [0, 0.05) is 12.6 Å². The molecule has 0 aromatic carbocycles. The van der Waals surface area contributed by atoms with Gasteiger partial charge in [0.05, 0.1) is 12.4 Å². The van der Waals surface area contributed by atoms with E-state index in [0.717, 1.165) is 17.9 Å². The van der Waals surface area contributed by atoms with Gasteiger partial charge >= 0.3 is 0 Å². The Morgan fingerprint density at radius 2 is 2.27 bits per heavy atom. The maximum Gasteiger partial charge on any atom is 0.174 e. The van der Waals surface area contributed by atoms with Crippen molar-refractivity contribution in [3.63, 3.8) is 0 Å². The molecule has 0 unspecified atom stereocenters. The summed E-state index contributed by atoms with van der Waals surface area (Å²) in [5.74, 6) is 0.952. The van der Waals surface area contributed by atoms with E-state index in [9.17, 15) is 0 Å². The number of aryl methyl sites for hydroxylation is 1. The molecule has 11 heavy (non-hydrogen) atoms. The summed E-state index contributed by atoms with van der Waals surface area (Å²) in [7, 11) is 0. The Hall–Kier alpha value is -1.45. The fraction of sp³-hybridized carbons (Fsp3) is 0.286. The van der Waals surface area contributed by atoms with Gasteiger partial charge in [-0.1, -0.05) is 6.92 Å². The van der Waals surface area contributed by atoms with Crippen LogP contribution >= 0.6 is 0 Å². The highest BCUT2D eigenvalue weighted by Gasteiger charge is 2.00. The van der Waals surface area contributed by atoms with Gasteiger partial charge in [-0.25, -0.2) is 9.97 Å². The Balaban J connectivity index is 2.76. The van der Waals surface area contributed by atoms with E-state index in [1.807, 2.05) is 6.92 Å². The average molecular weight is 148 g/mol. The van der Waals surface area contributed by atoms with Crippen molar-refractivity contribution in [2.24, 2.45) is 0 Å². The second-order valence-electron chi connectivity index (χ2n) is 2.24. The lowest BCUT2D eigenvalue weighted by Crippen LogP contribution is -1.97. The fourth-order valence-electron chi connectivity index (χ4n) is 1.03. The summed E-state index contributed by atoms with van der Waals surface area (Å²) in [6, 6.07) is 0. The normalized spacial score (nSPS) is 10.6. The topological polar surface area (TPSA) is 43.1 Å². The minimum atomic E-state index is 0.810. The zero-order valence-corrected chi connectivity index (χ0v) is 6.23. The molecule has 2 heterocycles. The Bertz CT molecular complexity index is 365. The molecule has 56 valence electrons. The summed E-state index contributed by atoms with van der Waals surface area (Å²) in [4.78, 5) is 8.24. The molecule has 0 aliphatic rings. The Kier molecular flexibility index (Phi) is 1.31. The monoisotopic (exact) mass is 148 g/mol. The van der Waals surface area contributed by atoms with Crippen LogP contribution in [-0.4, -0.2) is 19.6 Å². The number of fused-ring (bicyclic) bond motifs is 1. The van der Waals surface area contributed by atoms with Crippen LogP contribution in [0.2, 0.25) is 0 Å². The molecular weight excluding hydrogens is 140 g/mol. The van der Waals surface area contributed by atoms with Gasteiger partial charge in [0.2, 0.25) is 0 Å². The molecule has 4 heteroatoms. The third kappa shape index (κ3) is 0.869. The van der Waals surface area contributed by atoms with Gasteiger partial charge in [0.1, 0.15) is 5.82 Å². The molecule has 0 amide bonds. The number of hydrogen-bond donors (Lipinski definition) is 0. The SMILES string of the molecule is CCc1ncc2nccnn12.